The van der Waals surface area contributed by atoms with E-state index >= 15 is 0 Å². The molecule has 0 spiro atoms. The molecule has 2 N–H and O–H groups in total. The van der Waals surface area contributed by atoms with Gasteiger partial charge in [-0.2, -0.15) is 18.2 Å². The molecule has 2 rings (SSSR count). The van der Waals surface area contributed by atoms with E-state index in [4.69, 9.17) is 0 Å². The van der Waals surface area contributed by atoms with E-state index in [2.05, 4.69) is 20.6 Å². The number of aromatic nitrogens is 2. The summed E-state index contributed by atoms with van der Waals surface area (Å²) in [5, 5.41) is 5.74. The lowest BCUT2D eigenvalue weighted by Gasteiger charge is -2.26. The van der Waals surface area contributed by atoms with Gasteiger partial charge in [0.15, 0.2) is 0 Å². The lowest BCUT2D eigenvalue weighted by atomic mass is 10.1. The number of nitrogens with one attached hydrogen (secondary N) is 2. The smallest absolute Gasteiger partial charge is 0.369 e. The van der Waals surface area contributed by atoms with E-state index in [1.807, 2.05) is 19.9 Å². The number of rotatable bonds is 9. The number of allylic oxidation sites excluding steroid dienone is 2. The maximum absolute atomic E-state index is 13.3. The molecule has 1 aromatic rings. The van der Waals surface area contributed by atoms with Gasteiger partial charge < -0.3 is 15.5 Å². The van der Waals surface area contributed by atoms with Gasteiger partial charge in [0.1, 0.15) is 11.4 Å². The number of nitrogens with zero attached hydrogens (tertiary/aromatic N) is 3. The molecule has 0 radical (unpaired) electrons. The Morgan fingerprint density at radius 1 is 1.32 bits per heavy atom. The van der Waals surface area contributed by atoms with Gasteiger partial charge in [0.05, 0.1) is 0 Å². The van der Waals surface area contributed by atoms with E-state index in [1.165, 1.54) is 0 Å². The predicted molar refractivity (Wildman–Crippen MR) is 103 cm³/mol. The fourth-order valence-electron chi connectivity index (χ4n) is 3.03. The van der Waals surface area contributed by atoms with Crippen LogP contribution in [-0.2, 0) is 11.0 Å². The Balaban J connectivity index is 2.03. The number of hydrogen-bond donors (Lipinski definition) is 2. The van der Waals surface area contributed by atoms with Crippen molar-refractivity contribution in [3.8, 4) is 0 Å². The highest BCUT2D eigenvalue weighted by Crippen LogP contribution is 2.34. The molecule has 0 unspecified atom stereocenters. The largest absolute Gasteiger partial charge is 0.421 e. The van der Waals surface area contributed by atoms with E-state index < -0.39 is 11.7 Å². The van der Waals surface area contributed by atoms with E-state index in [9.17, 15) is 18.0 Å². The first-order valence-electron chi connectivity index (χ1n) is 9.77. The summed E-state index contributed by atoms with van der Waals surface area (Å²) in [6, 6.07) is 0. The number of carbonyl (C=O) groups excluding carboxylic acids is 1. The lowest BCUT2D eigenvalue weighted by molar-refractivity contribution is -0.137. The van der Waals surface area contributed by atoms with Gasteiger partial charge >= 0.3 is 6.18 Å². The molecule has 9 heteroatoms. The molecular weight excluding hydrogens is 371 g/mol. The Morgan fingerprint density at radius 3 is 2.75 bits per heavy atom. The number of piperidine rings is 1. The number of anilines is 2. The SMILES string of the molecule is CC/C=C(\CC)Nc1ncc(C(F)(F)F)c(NCCCN2CCCCC2=O)n1. The molecular formula is C19H28F3N5O. The van der Waals surface area contributed by atoms with Crippen LogP contribution in [0.5, 0.6) is 0 Å². The van der Waals surface area contributed by atoms with Crippen LogP contribution in [0.4, 0.5) is 24.9 Å². The van der Waals surface area contributed by atoms with Crippen LogP contribution >= 0.6 is 0 Å². The van der Waals surface area contributed by atoms with Crippen molar-refractivity contribution < 1.29 is 18.0 Å². The standard InChI is InChI=1S/C19H28F3N5O/c1-3-8-14(4-2)25-18-24-13-15(19(20,21)22)17(26-18)23-10-7-12-27-11-6-5-9-16(27)28/h8,13H,3-7,9-12H2,1-2H3,(H2,23,24,25,26)/b14-8+. The van der Waals surface area contributed by atoms with Crippen LogP contribution in [0, 0.1) is 0 Å². The van der Waals surface area contributed by atoms with Crippen LogP contribution in [0.15, 0.2) is 18.0 Å². The molecule has 1 saturated heterocycles. The zero-order valence-corrected chi connectivity index (χ0v) is 16.4. The Labute approximate surface area is 163 Å². The highest BCUT2D eigenvalue weighted by Gasteiger charge is 2.35. The maximum Gasteiger partial charge on any atom is 0.421 e. The average molecular weight is 399 g/mol. The summed E-state index contributed by atoms with van der Waals surface area (Å²) < 4.78 is 39.8. The monoisotopic (exact) mass is 399 g/mol. The van der Waals surface area contributed by atoms with Crippen molar-refractivity contribution in [3.05, 3.63) is 23.5 Å². The second kappa shape index (κ2) is 10.3. The topological polar surface area (TPSA) is 70.2 Å². The summed E-state index contributed by atoms with van der Waals surface area (Å²) >= 11 is 0. The molecule has 0 aromatic carbocycles. The zero-order valence-electron chi connectivity index (χ0n) is 16.4. The Hall–Kier alpha value is -2.32. The fraction of sp³-hybridized carbons (Fsp3) is 0.632. The van der Waals surface area contributed by atoms with Crippen LogP contribution in [0.3, 0.4) is 0 Å². The van der Waals surface area contributed by atoms with E-state index in [0.29, 0.717) is 25.8 Å². The Morgan fingerprint density at radius 2 is 2.11 bits per heavy atom. The molecule has 1 amide bonds. The third-order valence-corrected chi connectivity index (χ3v) is 4.52. The minimum Gasteiger partial charge on any atom is -0.369 e. The maximum atomic E-state index is 13.3. The number of hydrogen-bond acceptors (Lipinski definition) is 5. The van der Waals surface area contributed by atoms with Gasteiger partial charge in [-0.05, 0) is 32.1 Å². The molecule has 28 heavy (non-hydrogen) atoms. The van der Waals surface area contributed by atoms with Gasteiger partial charge in [0.2, 0.25) is 11.9 Å². The van der Waals surface area contributed by atoms with Gasteiger partial charge in [0.25, 0.3) is 0 Å². The normalized spacial score (nSPS) is 15.7. The molecule has 0 bridgehead atoms. The van der Waals surface area contributed by atoms with Crippen LogP contribution in [-0.4, -0.2) is 40.4 Å². The average Bonchev–Trinajstić information content (AvgIpc) is 2.65. The van der Waals surface area contributed by atoms with Gasteiger partial charge in [-0.3, -0.25) is 4.79 Å². The zero-order chi connectivity index (χ0) is 20.6. The molecule has 1 fully saturated rings. The molecule has 0 aliphatic carbocycles. The number of amides is 1. The first-order chi connectivity index (χ1) is 13.3. The van der Waals surface area contributed by atoms with Gasteiger partial charge in [0, 0.05) is 37.9 Å². The molecule has 156 valence electrons. The molecule has 6 nitrogen and oxygen atoms in total. The van der Waals surface area contributed by atoms with E-state index in [-0.39, 0.29) is 24.2 Å². The second-order valence-electron chi connectivity index (χ2n) is 6.69. The summed E-state index contributed by atoms with van der Waals surface area (Å²) in [6.45, 7) is 5.46. The van der Waals surface area contributed by atoms with Crippen LogP contribution < -0.4 is 10.6 Å². The van der Waals surface area contributed by atoms with Crippen molar-refractivity contribution in [3.63, 3.8) is 0 Å². The number of halogens is 3. The number of carbonyl (C=O) groups is 1. The third kappa shape index (κ3) is 6.38. The first-order valence-corrected chi connectivity index (χ1v) is 9.77. The summed E-state index contributed by atoms with van der Waals surface area (Å²) in [5.74, 6) is -0.00394. The summed E-state index contributed by atoms with van der Waals surface area (Å²) in [5.41, 5.74) is -0.0403. The summed E-state index contributed by atoms with van der Waals surface area (Å²) in [4.78, 5) is 21.4. The van der Waals surface area contributed by atoms with Crippen molar-refractivity contribution in [2.24, 2.45) is 0 Å². The fourth-order valence-corrected chi connectivity index (χ4v) is 3.03. The van der Waals surface area contributed by atoms with Crippen molar-refractivity contribution in [2.75, 3.05) is 30.3 Å². The molecule has 2 heterocycles. The van der Waals surface area contributed by atoms with E-state index in [1.54, 1.807) is 4.90 Å². The highest BCUT2D eigenvalue weighted by atomic mass is 19.4. The van der Waals surface area contributed by atoms with Crippen molar-refractivity contribution >= 4 is 17.7 Å². The van der Waals surface area contributed by atoms with Crippen LogP contribution in [0.1, 0.15) is 57.9 Å². The van der Waals surface area contributed by atoms with Crippen LogP contribution in [0.2, 0.25) is 0 Å². The molecule has 0 saturated carbocycles. The molecule has 1 aromatic heterocycles. The molecule has 1 aliphatic rings. The van der Waals surface area contributed by atoms with Crippen molar-refractivity contribution in [1.82, 2.24) is 14.9 Å². The van der Waals surface area contributed by atoms with Gasteiger partial charge in [-0.15, -0.1) is 0 Å². The quantitative estimate of drug-likeness (QED) is 0.602. The highest BCUT2D eigenvalue weighted by molar-refractivity contribution is 5.76. The van der Waals surface area contributed by atoms with E-state index in [0.717, 1.165) is 37.7 Å². The van der Waals surface area contributed by atoms with Gasteiger partial charge in [-0.1, -0.05) is 19.9 Å². The van der Waals surface area contributed by atoms with Crippen molar-refractivity contribution in [2.45, 2.75) is 58.5 Å². The predicted octanol–water partition coefficient (Wildman–Crippen LogP) is 4.43. The summed E-state index contributed by atoms with van der Waals surface area (Å²) in [6.07, 6.45) is 2.69. The second-order valence-corrected chi connectivity index (χ2v) is 6.69. The Kier molecular flexibility index (Phi) is 8.07. The molecule has 0 atom stereocenters. The minimum atomic E-state index is -4.55. The first kappa shape index (κ1) is 22.0. The minimum absolute atomic E-state index is 0.116. The van der Waals surface area contributed by atoms with Gasteiger partial charge in [-0.25, -0.2) is 4.98 Å². The number of likely N-dealkylation sites (tertiary alicyclic amines) is 1. The number of alkyl halides is 3. The van der Waals surface area contributed by atoms with Crippen LogP contribution in [0.25, 0.3) is 0 Å². The molecule has 1 aliphatic heterocycles. The Bertz CT molecular complexity index is 691. The third-order valence-electron chi connectivity index (χ3n) is 4.52. The summed E-state index contributed by atoms with van der Waals surface area (Å²) in [7, 11) is 0. The lowest BCUT2D eigenvalue weighted by Crippen LogP contribution is -2.36. The van der Waals surface area contributed by atoms with Crippen molar-refractivity contribution in [1.29, 1.82) is 0 Å².